The molecule has 0 N–H and O–H groups in total. The van der Waals surface area contributed by atoms with E-state index >= 15 is 0 Å². The molecular formula is C20H21N5O2. The molecule has 0 saturated carbocycles. The van der Waals surface area contributed by atoms with Crippen LogP contribution in [0.25, 0.3) is 16.7 Å². The van der Waals surface area contributed by atoms with Crippen molar-refractivity contribution in [3.05, 3.63) is 65.0 Å². The Morgan fingerprint density at radius 1 is 1.11 bits per heavy atom. The first kappa shape index (κ1) is 16.3. The molecule has 0 spiro atoms. The van der Waals surface area contributed by atoms with Gasteiger partial charge in [-0.3, -0.25) is 4.40 Å². The van der Waals surface area contributed by atoms with E-state index in [1.165, 1.54) is 0 Å². The van der Waals surface area contributed by atoms with Crippen molar-refractivity contribution >= 4 is 16.7 Å². The Kier molecular flexibility index (Phi) is 4.01. The van der Waals surface area contributed by atoms with Gasteiger partial charge in [-0.25, -0.2) is 14.5 Å². The number of likely N-dealkylation sites (tertiary alicyclic amines) is 1. The van der Waals surface area contributed by atoms with Crippen molar-refractivity contribution in [1.29, 1.82) is 0 Å². The van der Waals surface area contributed by atoms with Gasteiger partial charge in [0.1, 0.15) is 5.52 Å². The van der Waals surface area contributed by atoms with Crippen LogP contribution in [0.1, 0.15) is 24.7 Å². The minimum absolute atomic E-state index is 0.0851. The predicted molar refractivity (Wildman–Crippen MR) is 102 cm³/mol. The van der Waals surface area contributed by atoms with E-state index in [9.17, 15) is 4.79 Å². The molecule has 7 heteroatoms. The van der Waals surface area contributed by atoms with Crippen molar-refractivity contribution in [2.75, 3.05) is 19.6 Å². The third kappa shape index (κ3) is 3.04. The second-order valence-electron chi connectivity index (χ2n) is 7.09. The van der Waals surface area contributed by atoms with Crippen LogP contribution in [0.2, 0.25) is 0 Å². The van der Waals surface area contributed by atoms with E-state index in [1.807, 2.05) is 42.5 Å². The van der Waals surface area contributed by atoms with Crippen LogP contribution in [0.3, 0.4) is 0 Å². The zero-order valence-electron chi connectivity index (χ0n) is 15.0. The van der Waals surface area contributed by atoms with Gasteiger partial charge >= 0.3 is 5.69 Å². The summed E-state index contributed by atoms with van der Waals surface area (Å²) < 4.78 is 9.10. The van der Waals surface area contributed by atoms with Crippen molar-refractivity contribution in [2.45, 2.75) is 25.3 Å². The van der Waals surface area contributed by atoms with Crippen LogP contribution in [0.15, 0.2) is 57.9 Å². The molecule has 0 aliphatic carbocycles. The molecule has 138 valence electrons. The predicted octanol–water partition coefficient (Wildman–Crippen LogP) is 2.52. The first-order chi connectivity index (χ1) is 13.3. The Morgan fingerprint density at radius 3 is 2.89 bits per heavy atom. The topological polar surface area (TPSA) is 68.6 Å². The number of pyridine rings is 1. The Morgan fingerprint density at radius 2 is 2.00 bits per heavy atom. The quantitative estimate of drug-likeness (QED) is 0.557. The fourth-order valence-corrected chi connectivity index (χ4v) is 3.87. The van der Waals surface area contributed by atoms with Gasteiger partial charge in [0.2, 0.25) is 0 Å². The van der Waals surface area contributed by atoms with Crippen LogP contribution in [-0.4, -0.2) is 43.7 Å². The number of oxazole rings is 1. The molecule has 4 heterocycles. The Labute approximate surface area is 155 Å². The largest absolute Gasteiger partial charge is 0.440 e. The summed E-state index contributed by atoms with van der Waals surface area (Å²) >= 11 is 0. The van der Waals surface area contributed by atoms with Gasteiger partial charge in [-0.15, -0.1) is 5.10 Å². The molecule has 7 nitrogen and oxygen atoms in total. The molecule has 1 aliphatic rings. The zero-order chi connectivity index (χ0) is 18.2. The second kappa shape index (κ2) is 6.66. The van der Waals surface area contributed by atoms with E-state index in [2.05, 4.69) is 15.0 Å². The lowest BCUT2D eigenvalue weighted by molar-refractivity contribution is 0.186. The molecule has 1 aliphatic heterocycles. The Balaban J connectivity index is 1.29. The van der Waals surface area contributed by atoms with Crippen molar-refractivity contribution in [3.8, 4) is 0 Å². The molecular weight excluding hydrogens is 342 g/mol. The van der Waals surface area contributed by atoms with Crippen molar-refractivity contribution in [1.82, 2.24) is 24.1 Å². The van der Waals surface area contributed by atoms with Crippen LogP contribution in [-0.2, 0) is 6.54 Å². The fourth-order valence-electron chi connectivity index (χ4n) is 3.87. The summed E-state index contributed by atoms with van der Waals surface area (Å²) in [6.07, 6.45) is 3.94. The van der Waals surface area contributed by atoms with Gasteiger partial charge in [0.05, 0.1) is 6.54 Å². The van der Waals surface area contributed by atoms with E-state index in [-0.39, 0.29) is 5.69 Å². The fraction of sp³-hybridized carbons (Fsp3) is 0.350. The van der Waals surface area contributed by atoms with Crippen molar-refractivity contribution < 1.29 is 4.42 Å². The third-order valence-electron chi connectivity index (χ3n) is 5.28. The van der Waals surface area contributed by atoms with Gasteiger partial charge in [-0.1, -0.05) is 18.2 Å². The zero-order valence-corrected chi connectivity index (χ0v) is 15.0. The smallest absolute Gasteiger partial charge is 0.350 e. The summed E-state index contributed by atoms with van der Waals surface area (Å²) in [5, 5.41) is 4.41. The lowest BCUT2D eigenvalue weighted by atomic mass is 9.98. The molecule has 1 aromatic carbocycles. The highest BCUT2D eigenvalue weighted by molar-refractivity contribution is 5.72. The molecule has 1 saturated heterocycles. The number of aromatic nitrogens is 4. The molecule has 0 bridgehead atoms. The molecule has 27 heavy (non-hydrogen) atoms. The highest BCUT2D eigenvalue weighted by Gasteiger charge is 2.25. The highest BCUT2D eigenvalue weighted by Crippen LogP contribution is 2.28. The number of piperidine rings is 1. The average molecular weight is 363 g/mol. The van der Waals surface area contributed by atoms with Crippen molar-refractivity contribution in [2.24, 2.45) is 0 Å². The first-order valence-corrected chi connectivity index (χ1v) is 9.40. The lowest BCUT2D eigenvalue weighted by Gasteiger charge is -2.30. The van der Waals surface area contributed by atoms with E-state index < -0.39 is 0 Å². The van der Waals surface area contributed by atoms with Crippen LogP contribution in [0, 0.1) is 0 Å². The summed E-state index contributed by atoms with van der Waals surface area (Å²) in [7, 11) is 0. The summed E-state index contributed by atoms with van der Waals surface area (Å²) in [6.45, 7) is 3.30. The molecule has 0 radical (unpaired) electrons. The van der Waals surface area contributed by atoms with Crippen LogP contribution < -0.4 is 5.69 Å². The molecule has 1 fully saturated rings. The van der Waals surface area contributed by atoms with E-state index in [4.69, 9.17) is 4.42 Å². The van der Waals surface area contributed by atoms with Gasteiger partial charge in [-0.2, -0.15) is 0 Å². The molecule has 0 unspecified atom stereocenters. The normalized spacial score (nSPS) is 18.4. The number of para-hydroxylation sites is 2. The number of hydrogen-bond donors (Lipinski definition) is 0. The monoisotopic (exact) mass is 363 g/mol. The van der Waals surface area contributed by atoms with Gasteiger partial charge in [0, 0.05) is 25.2 Å². The van der Waals surface area contributed by atoms with Gasteiger partial charge in [-0.05, 0) is 43.7 Å². The summed E-state index contributed by atoms with van der Waals surface area (Å²) in [6, 6.07) is 13.5. The number of rotatable bonds is 4. The minimum Gasteiger partial charge on any atom is -0.440 e. The first-order valence-electron chi connectivity index (χ1n) is 9.40. The molecule has 1 atom stereocenters. The van der Waals surface area contributed by atoms with Gasteiger partial charge < -0.3 is 9.32 Å². The SMILES string of the molecule is O=c1n(CCN2CCC[C@@H](c3nc4ccccc4o3)C2)nc2ccccn12. The summed E-state index contributed by atoms with van der Waals surface area (Å²) in [5.41, 5.74) is 2.37. The number of hydrogen-bond acceptors (Lipinski definition) is 5. The highest BCUT2D eigenvalue weighted by atomic mass is 16.3. The van der Waals surface area contributed by atoms with Crippen molar-refractivity contribution in [3.63, 3.8) is 0 Å². The number of nitrogens with zero attached hydrogens (tertiary/aromatic N) is 5. The summed E-state index contributed by atoms with van der Waals surface area (Å²) in [4.78, 5) is 19.4. The maximum atomic E-state index is 12.4. The Hall–Kier alpha value is -2.93. The van der Waals surface area contributed by atoms with Crippen LogP contribution >= 0.6 is 0 Å². The maximum Gasteiger partial charge on any atom is 0.350 e. The molecule has 0 amide bonds. The van der Waals surface area contributed by atoms with Gasteiger partial charge in [0.25, 0.3) is 0 Å². The van der Waals surface area contributed by atoms with E-state index in [0.29, 0.717) is 18.1 Å². The van der Waals surface area contributed by atoms with Crippen LogP contribution in [0.5, 0.6) is 0 Å². The maximum absolute atomic E-state index is 12.4. The Bertz CT molecular complexity index is 1110. The lowest BCUT2D eigenvalue weighted by Crippen LogP contribution is -2.38. The molecule has 5 rings (SSSR count). The minimum atomic E-state index is -0.0851. The van der Waals surface area contributed by atoms with Gasteiger partial charge in [0.15, 0.2) is 17.1 Å². The summed E-state index contributed by atoms with van der Waals surface area (Å²) in [5.74, 6) is 1.12. The van der Waals surface area contributed by atoms with E-state index in [0.717, 1.165) is 49.5 Å². The number of benzene rings is 1. The second-order valence-corrected chi connectivity index (χ2v) is 7.09. The standard InChI is InChI=1S/C20H21N5O2/c26-20-24-11-4-3-9-18(24)22-25(20)13-12-23-10-5-6-15(14-23)19-21-16-7-1-2-8-17(16)27-19/h1-4,7-9,11,15H,5-6,10,12-14H2/t15-/m1/s1. The van der Waals surface area contributed by atoms with Crippen LogP contribution in [0.4, 0.5) is 0 Å². The van der Waals surface area contributed by atoms with E-state index in [1.54, 1.807) is 15.3 Å². The average Bonchev–Trinajstić information content (AvgIpc) is 3.28. The number of fused-ring (bicyclic) bond motifs is 2. The molecule has 3 aromatic heterocycles. The third-order valence-corrected chi connectivity index (χ3v) is 5.28. The molecule has 4 aromatic rings.